The summed E-state index contributed by atoms with van der Waals surface area (Å²) in [5, 5.41) is 14.0. The maximum Gasteiger partial charge on any atom is 0.272 e. The third-order valence-corrected chi connectivity index (χ3v) is 5.93. The van der Waals surface area contributed by atoms with Gasteiger partial charge in [0.1, 0.15) is 23.3 Å². The normalized spacial score (nSPS) is 14.1. The van der Waals surface area contributed by atoms with Gasteiger partial charge in [-0.15, -0.1) is 0 Å². The summed E-state index contributed by atoms with van der Waals surface area (Å²) < 4.78 is 7.37. The Hall–Kier alpha value is -4.48. The summed E-state index contributed by atoms with van der Waals surface area (Å²) in [5.74, 6) is 7.63. The number of imidazole rings is 1. The van der Waals surface area contributed by atoms with E-state index in [1.165, 1.54) is 0 Å². The highest BCUT2D eigenvalue weighted by atomic mass is 16.5. The van der Waals surface area contributed by atoms with Crippen molar-refractivity contribution in [3.8, 4) is 23.2 Å². The lowest BCUT2D eigenvalue weighted by Gasteiger charge is -2.24. The van der Waals surface area contributed by atoms with Gasteiger partial charge in [0.25, 0.3) is 5.91 Å². The number of aliphatic hydroxyl groups excluding tert-OH is 1. The molecule has 1 aliphatic heterocycles. The van der Waals surface area contributed by atoms with Gasteiger partial charge in [0.2, 0.25) is 0 Å². The van der Waals surface area contributed by atoms with Crippen LogP contribution in [0.4, 0.5) is 0 Å². The van der Waals surface area contributed by atoms with E-state index in [1.54, 1.807) is 36.4 Å². The van der Waals surface area contributed by atoms with Gasteiger partial charge in [-0.1, -0.05) is 29.1 Å². The third-order valence-electron chi connectivity index (χ3n) is 5.93. The number of rotatable bonds is 5. The first-order valence-electron chi connectivity index (χ1n) is 11.7. The van der Waals surface area contributed by atoms with Gasteiger partial charge in [-0.05, 0) is 49.7 Å². The van der Waals surface area contributed by atoms with E-state index in [1.807, 2.05) is 53.2 Å². The minimum absolute atomic E-state index is 0.0570. The van der Waals surface area contributed by atoms with Crippen LogP contribution in [0.5, 0.6) is 0 Å². The average Bonchev–Trinajstić information content (AvgIpc) is 3.58. The molecule has 3 aromatic heterocycles. The summed E-state index contributed by atoms with van der Waals surface area (Å²) in [6.45, 7) is 3.30. The lowest BCUT2D eigenvalue weighted by molar-refractivity contribution is 0.0764. The molecule has 0 saturated carbocycles. The van der Waals surface area contributed by atoms with Gasteiger partial charge in [0, 0.05) is 54.4 Å². The van der Waals surface area contributed by atoms with Crippen LogP contribution in [0.25, 0.3) is 11.3 Å². The van der Waals surface area contributed by atoms with Crippen molar-refractivity contribution in [1.29, 1.82) is 0 Å². The third kappa shape index (κ3) is 5.27. The van der Waals surface area contributed by atoms with E-state index in [9.17, 15) is 9.90 Å². The van der Waals surface area contributed by atoms with Crippen LogP contribution in [-0.4, -0.2) is 48.7 Å². The van der Waals surface area contributed by atoms with Crippen LogP contribution in [0, 0.1) is 11.8 Å². The number of carbonyl (C=O) groups excluding carboxylic acids is 1. The smallest absolute Gasteiger partial charge is 0.272 e. The highest BCUT2D eigenvalue weighted by Crippen LogP contribution is 2.22. The number of aliphatic hydroxyl groups is 1. The molecule has 0 fully saturated rings. The van der Waals surface area contributed by atoms with Crippen LogP contribution in [0.2, 0.25) is 0 Å². The first-order valence-corrected chi connectivity index (χ1v) is 11.7. The second-order valence-electron chi connectivity index (χ2n) is 8.54. The zero-order chi connectivity index (χ0) is 24.9. The minimum atomic E-state index is -0.655. The second-order valence-corrected chi connectivity index (χ2v) is 8.54. The molecule has 8 nitrogen and oxygen atoms in total. The number of aromatic nitrogens is 4. The topological polar surface area (TPSA) is 97.3 Å². The molecule has 180 valence electrons. The van der Waals surface area contributed by atoms with Crippen molar-refractivity contribution in [1.82, 2.24) is 24.6 Å². The fourth-order valence-electron chi connectivity index (χ4n) is 4.01. The maximum atomic E-state index is 12.5. The molecule has 1 amide bonds. The highest BCUT2D eigenvalue weighted by Gasteiger charge is 2.19. The van der Waals surface area contributed by atoms with Crippen LogP contribution < -0.4 is 0 Å². The largest absolute Gasteiger partial charge is 0.385 e. The molecule has 1 N–H and O–H groups in total. The molecule has 0 bridgehead atoms. The summed E-state index contributed by atoms with van der Waals surface area (Å²) in [6.07, 6.45) is 7.16. The number of amides is 1. The molecular formula is C28H25N5O3. The van der Waals surface area contributed by atoms with Crippen molar-refractivity contribution in [2.45, 2.75) is 26.0 Å². The van der Waals surface area contributed by atoms with E-state index in [2.05, 4.69) is 27.0 Å². The number of nitrogens with zero attached hydrogens (tertiary/aromatic N) is 5. The Morgan fingerprint density at radius 1 is 1.14 bits per heavy atom. The van der Waals surface area contributed by atoms with Gasteiger partial charge in [0.05, 0.1) is 6.54 Å². The van der Waals surface area contributed by atoms with E-state index < -0.39 is 6.10 Å². The van der Waals surface area contributed by atoms with Gasteiger partial charge >= 0.3 is 0 Å². The summed E-state index contributed by atoms with van der Waals surface area (Å²) >= 11 is 0. The second kappa shape index (κ2) is 10.4. The molecule has 0 aliphatic carbocycles. The molecule has 1 atom stereocenters. The zero-order valence-electron chi connectivity index (χ0n) is 19.8. The summed E-state index contributed by atoms with van der Waals surface area (Å²) in [4.78, 5) is 22.6. The number of hydrogen-bond donors (Lipinski definition) is 1. The molecule has 36 heavy (non-hydrogen) atoms. The molecule has 0 unspecified atom stereocenters. The van der Waals surface area contributed by atoms with Crippen molar-refractivity contribution in [2.75, 3.05) is 13.1 Å². The first kappa shape index (κ1) is 23.3. The number of carbonyl (C=O) groups is 1. The Kier molecular flexibility index (Phi) is 6.74. The van der Waals surface area contributed by atoms with Crippen LogP contribution in [-0.2, 0) is 6.54 Å². The molecular weight excluding hydrogens is 454 g/mol. The number of benzene rings is 1. The van der Waals surface area contributed by atoms with E-state index in [4.69, 9.17) is 4.52 Å². The lowest BCUT2D eigenvalue weighted by Crippen LogP contribution is -2.35. The Labute approximate surface area is 208 Å². The molecule has 4 aromatic rings. The fourth-order valence-corrected chi connectivity index (χ4v) is 4.01. The van der Waals surface area contributed by atoms with Gasteiger partial charge < -0.3 is 19.1 Å². The molecule has 0 radical (unpaired) electrons. The molecule has 0 spiro atoms. The summed E-state index contributed by atoms with van der Waals surface area (Å²) in [5.41, 5.74) is 4.03. The maximum absolute atomic E-state index is 12.5. The zero-order valence-corrected chi connectivity index (χ0v) is 19.8. The van der Waals surface area contributed by atoms with E-state index in [-0.39, 0.29) is 5.91 Å². The number of hydrogen-bond acceptors (Lipinski definition) is 6. The quantitative estimate of drug-likeness (QED) is 0.437. The Morgan fingerprint density at radius 3 is 2.72 bits per heavy atom. The lowest BCUT2D eigenvalue weighted by atomic mass is 10.1. The Balaban J connectivity index is 1.20. The van der Waals surface area contributed by atoms with Crippen molar-refractivity contribution >= 4 is 5.91 Å². The molecule has 8 heteroatoms. The minimum Gasteiger partial charge on any atom is -0.385 e. The Bertz CT molecular complexity index is 1440. The van der Waals surface area contributed by atoms with Crippen LogP contribution in [0.3, 0.4) is 0 Å². The van der Waals surface area contributed by atoms with Crippen LogP contribution in [0.1, 0.15) is 47.0 Å². The summed E-state index contributed by atoms with van der Waals surface area (Å²) in [6, 6.07) is 15.0. The van der Waals surface area contributed by atoms with E-state index in [0.717, 1.165) is 28.8 Å². The molecule has 1 aromatic carbocycles. The van der Waals surface area contributed by atoms with Crippen molar-refractivity contribution in [3.05, 3.63) is 102 Å². The summed E-state index contributed by atoms with van der Waals surface area (Å²) in [7, 11) is 0. The van der Waals surface area contributed by atoms with E-state index >= 15 is 0 Å². The molecule has 0 saturated heterocycles. The van der Waals surface area contributed by atoms with Crippen molar-refractivity contribution < 1.29 is 14.4 Å². The van der Waals surface area contributed by atoms with Crippen LogP contribution >= 0.6 is 0 Å². The Morgan fingerprint density at radius 2 is 2.00 bits per heavy atom. The predicted molar refractivity (Wildman–Crippen MR) is 134 cm³/mol. The van der Waals surface area contributed by atoms with E-state index in [0.29, 0.717) is 36.9 Å². The molecule has 5 rings (SSSR count). The predicted octanol–water partition coefficient (Wildman–Crippen LogP) is 3.86. The highest BCUT2D eigenvalue weighted by molar-refractivity contribution is 5.92. The average molecular weight is 480 g/mol. The van der Waals surface area contributed by atoms with Crippen molar-refractivity contribution in [2.24, 2.45) is 0 Å². The molecule has 4 heterocycles. The van der Waals surface area contributed by atoms with Crippen molar-refractivity contribution in [3.63, 3.8) is 0 Å². The SMILES string of the molecule is C[C@H](O)c1nccn1Cc1cc(-c2ccc(C#CC3=CCN(C(=O)c4ccccn4)CC3)cc2)on1. The molecule has 1 aliphatic rings. The fraction of sp³-hybridized carbons (Fsp3) is 0.214. The number of pyridine rings is 1. The van der Waals surface area contributed by atoms with Gasteiger partial charge in [-0.3, -0.25) is 9.78 Å². The van der Waals surface area contributed by atoms with Gasteiger partial charge in [-0.2, -0.15) is 0 Å². The van der Waals surface area contributed by atoms with Crippen LogP contribution in [0.15, 0.2) is 83.3 Å². The first-order chi connectivity index (χ1) is 17.6. The monoisotopic (exact) mass is 479 g/mol. The standard InChI is InChI=1S/C28H25N5O3/c1-20(34)27-30-14-17-33(27)19-24-18-26(36-31-24)23-9-7-21(8-10-23)5-6-22-11-15-32(16-12-22)28(35)25-4-2-3-13-29-25/h2-4,7-11,13-14,17-18,20,34H,12,15-16,19H2,1H3/t20-/m0/s1. The van der Waals surface area contributed by atoms with Gasteiger partial charge in [-0.25, -0.2) is 4.98 Å². The van der Waals surface area contributed by atoms with Gasteiger partial charge in [0.15, 0.2) is 5.76 Å².